The van der Waals surface area contributed by atoms with Crippen molar-refractivity contribution in [3.8, 4) is 0 Å². The zero-order valence-electron chi connectivity index (χ0n) is 6.76. The molecule has 8 heteroatoms. The van der Waals surface area contributed by atoms with Crippen LogP contribution >= 0.6 is 0 Å². The molecule has 0 rings (SSSR count). The standard InChI is InChI=1S/C6H6F8/c1-5(11,4(9)10)2(7)3(8)6(12,13)14/h2-4H,1H3. The van der Waals surface area contributed by atoms with Crippen molar-refractivity contribution in [1.82, 2.24) is 0 Å². The lowest BCUT2D eigenvalue weighted by Crippen LogP contribution is -2.49. The third-order valence-electron chi connectivity index (χ3n) is 1.54. The zero-order chi connectivity index (χ0) is 11.7. The van der Waals surface area contributed by atoms with Crippen LogP contribution in [0.3, 0.4) is 0 Å². The highest BCUT2D eigenvalue weighted by atomic mass is 19.4. The molecule has 0 aromatic heterocycles. The van der Waals surface area contributed by atoms with Crippen molar-refractivity contribution >= 4 is 0 Å². The number of halogens is 8. The Kier molecular flexibility index (Phi) is 3.74. The molecular formula is C6H6F8. The smallest absolute Gasteiger partial charge is 0.240 e. The quantitative estimate of drug-likeness (QED) is 0.653. The molecule has 86 valence electrons. The summed E-state index contributed by atoms with van der Waals surface area (Å²) in [6.07, 6.45) is -17.9. The predicted octanol–water partition coefficient (Wildman–Crippen LogP) is 3.22. The first-order chi connectivity index (χ1) is 6.01. The second kappa shape index (κ2) is 3.90. The summed E-state index contributed by atoms with van der Waals surface area (Å²) in [7, 11) is 0. The summed E-state index contributed by atoms with van der Waals surface area (Å²) < 4.78 is 94.7. The van der Waals surface area contributed by atoms with Crippen LogP contribution in [0.4, 0.5) is 35.1 Å². The summed E-state index contributed by atoms with van der Waals surface area (Å²) in [6, 6.07) is 0. The van der Waals surface area contributed by atoms with Gasteiger partial charge in [0.15, 0.2) is 6.17 Å². The van der Waals surface area contributed by atoms with E-state index in [9.17, 15) is 35.1 Å². The van der Waals surface area contributed by atoms with Gasteiger partial charge in [-0.05, 0) is 6.92 Å². The van der Waals surface area contributed by atoms with Crippen molar-refractivity contribution in [2.45, 2.75) is 37.5 Å². The van der Waals surface area contributed by atoms with Crippen molar-refractivity contribution < 1.29 is 35.1 Å². The average molecular weight is 230 g/mol. The van der Waals surface area contributed by atoms with E-state index < -0.39 is 30.6 Å². The monoisotopic (exact) mass is 230 g/mol. The molecule has 0 aromatic carbocycles. The van der Waals surface area contributed by atoms with Crippen LogP contribution in [-0.2, 0) is 0 Å². The van der Waals surface area contributed by atoms with Gasteiger partial charge in [0, 0.05) is 0 Å². The van der Waals surface area contributed by atoms with Crippen molar-refractivity contribution in [2.75, 3.05) is 0 Å². The second-order valence-electron chi connectivity index (χ2n) is 2.80. The van der Waals surface area contributed by atoms with Gasteiger partial charge in [0.2, 0.25) is 11.8 Å². The van der Waals surface area contributed by atoms with Crippen molar-refractivity contribution in [1.29, 1.82) is 0 Å². The third kappa shape index (κ3) is 2.71. The van der Waals surface area contributed by atoms with Gasteiger partial charge in [-0.3, -0.25) is 0 Å². The summed E-state index contributed by atoms with van der Waals surface area (Å²) >= 11 is 0. The Balaban J connectivity index is 4.70. The molecule has 0 amide bonds. The van der Waals surface area contributed by atoms with E-state index in [4.69, 9.17) is 0 Å². The normalized spacial score (nSPS) is 21.9. The van der Waals surface area contributed by atoms with Gasteiger partial charge < -0.3 is 0 Å². The van der Waals surface area contributed by atoms with Crippen LogP contribution in [0.15, 0.2) is 0 Å². The van der Waals surface area contributed by atoms with Gasteiger partial charge in [0.05, 0.1) is 0 Å². The molecule has 14 heavy (non-hydrogen) atoms. The fourth-order valence-electron chi connectivity index (χ4n) is 0.572. The molecule has 0 spiro atoms. The topological polar surface area (TPSA) is 0 Å². The maximum atomic E-state index is 12.5. The first-order valence-corrected chi connectivity index (χ1v) is 3.33. The zero-order valence-corrected chi connectivity index (χ0v) is 6.76. The van der Waals surface area contributed by atoms with E-state index in [0.717, 1.165) is 0 Å². The van der Waals surface area contributed by atoms with Crippen LogP contribution in [-0.4, -0.2) is 30.6 Å². The highest BCUT2D eigenvalue weighted by Crippen LogP contribution is 2.36. The van der Waals surface area contributed by atoms with E-state index in [-0.39, 0.29) is 6.92 Å². The highest BCUT2D eigenvalue weighted by molar-refractivity contribution is 4.92. The summed E-state index contributed by atoms with van der Waals surface area (Å²) in [5, 5.41) is 0. The molecule has 0 aliphatic heterocycles. The lowest BCUT2D eigenvalue weighted by molar-refractivity contribution is -0.219. The molecule has 3 atom stereocenters. The van der Waals surface area contributed by atoms with Crippen molar-refractivity contribution in [3.63, 3.8) is 0 Å². The molecule has 0 fully saturated rings. The molecule has 0 aliphatic rings. The third-order valence-corrected chi connectivity index (χ3v) is 1.54. The second-order valence-corrected chi connectivity index (χ2v) is 2.80. The molecular weight excluding hydrogens is 224 g/mol. The van der Waals surface area contributed by atoms with Gasteiger partial charge in [0.25, 0.3) is 6.43 Å². The summed E-state index contributed by atoms with van der Waals surface area (Å²) in [4.78, 5) is 0. The molecule has 0 aliphatic carbocycles. The minimum atomic E-state index is -5.69. The van der Waals surface area contributed by atoms with E-state index >= 15 is 0 Å². The molecule has 0 nitrogen and oxygen atoms in total. The van der Waals surface area contributed by atoms with E-state index in [0.29, 0.717) is 0 Å². The number of hydrogen-bond donors (Lipinski definition) is 0. The lowest BCUT2D eigenvalue weighted by atomic mass is 9.99. The summed E-state index contributed by atoms with van der Waals surface area (Å²) in [5.74, 6) is 0. The molecule has 0 bridgehead atoms. The van der Waals surface area contributed by atoms with Crippen LogP contribution in [0.5, 0.6) is 0 Å². The highest BCUT2D eigenvalue weighted by Gasteiger charge is 2.57. The summed E-state index contributed by atoms with van der Waals surface area (Å²) in [5.41, 5.74) is -4.16. The van der Waals surface area contributed by atoms with E-state index in [1.54, 1.807) is 0 Å². The maximum Gasteiger partial charge on any atom is 0.422 e. The van der Waals surface area contributed by atoms with E-state index in [2.05, 4.69) is 0 Å². The molecule has 3 unspecified atom stereocenters. The fourth-order valence-corrected chi connectivity index (χ4v) is 0.572. The van der Waals surface area contributed by atoms with Crippen molar-refractivity contribution in [3.05, 3.63) is 0 Å². The molecule has 0 heterocycles. The first-order valence-electron chi connectivity index (χ1n) is 3.33. The molecule has 0 N–H and O–H groups in total. The molecule has 0 saturated carbocycles. The molecule has 0 aromatic rings. The maximum absolute atomic E-state index is 12.5. The van der Waals surface area contributed by atoms with Crippen LogP contribution < -0.4 is 0 Å². The lowest BCUT2D eigenvalue weighted by Gasteiger charge is -2.26. The van der Waals surface area contributed by atoms with E-state index in [1.165, 1.54) is 0 Å². The van der Waals surface area contributed by atoms with E-state index in [1.807, 2.05) is 0 Å². The van der Waals surface area contributed by atoms with Crippen LogP contribution in [0.2, 0.25) is 0 Å². The average Bonchev–Trinajstić information content (AvgIpc) is 1.99. The van der Waals surface area contributed by atoms with Gasteiger partial charge in [-0.25, -0.2) is 22.0 Å². The van der Waals surface area contributed by atoms with Crippen LogP contribution in [0.25, 0.3) is 0 Å². The number of alkyl halides is 8. The molecule has 0 radical (unpaired) electrons. The SMILES string of the molecule is CC(F)(C(F)F)C(F)C(F)C(F)(F)F. The Labute approximate surface area is 73.9 Å². The van der Waals surface area contributed by atoms with Crippen LogP contribution in [0, 0.1) is 0 Å². The Bertz CT molecular complexity index is 183. The van der Waals surface area contributed by atoms with Gasteiger partial charge in [-0.15, -0.1) is 0 Å². The summed E-state index contributed by atoms with van der Waals surface area (Å²) in [6.45, 7) is -0.124. The first kappa shape index (κ1) is 13.4. The number of rotatable bonds is 3. The minimum absolute atomic E-state index is 0.124. The Morgan fingerprint density at radius 1 is 0.786 bits per heavy atom. The number of hydrogen-bond acceptors (Lipinski definition) is 0. The van der Waals surface area contributed by atoms with Gasteiger partial charge >= 0.3 is 6.18 Å². The van der Waals surface area contributed by atoms with Gasteiger partial charge in [-0.1, -0.05) is 0 Å². The fraction of sp³-hybridized carbons (Fsp3) is 1.00. The predicted molar refractivity (Wildman–Crippen MR) is 31.4 cm³/mol. The van der Waals surface area contributed by atoms with Crippen LogP contribution in [0.1, 0.15) is 6.92 Å². The Hall–Kier alpha value is -0.560. The Morgan fingerprint density at radius 3 is 1.36 bits per heavy atom. The minimum Gasteiger partial charge on any atom is -0.240 e. The van der Waals surface area contributed by atoms with Gasteiger partial charge in [0.1, 0.15) is 0 Å². The van der Waals surface area contributed by atoms with Gasteiger partial charge in [-0.2, -0.15) is 13.2 Å². The molecule has 0 saturated heterocycles. The van der Waals surface area contributed by atoms with Crippen molar-refractivity contribution in [2.24, 2.45) is 0 Å². The largest absolute Gasteiger partial charge is 0.422 e. The Morgan fingerprint density at radius 2 is 1.14 bits per heavy atom.